The number of hydrogen-bond acceptors (Lipinski definition) is 2. The average molecular weight is 290 g/mol. The molecule has 2 aliphatic heterocycles. The van der Waals surface area contributed by atoms with E-state index in [1.807, 2.05) is 0 Å². The lowest BCUT2D eigenvalue weighted by molar-refractivity contribution is 0.216. The van der Waals surface area contributed by atoms with Gasteiger partial charge in [-0.25, -0.2) is 0 Å². The molecule has 0 aliphatic carbocycles. The molecule has 0 aromatic heterocycles. The van der Waals surface area contributed by atoms with Crippen molar-refractivity contribution in [3.05, 3.63) is 71.8 Å². The third kappa shape index (κ3) is 2.63. The Balaban J connectivity index is 1.56. The fraction of sp³-hybridized carbons (Fsp3) is 0.200. The molecule has 0 fully saturated rings. The molecule has 0 radical (unpaired) electrons. The number of rotatable bonds is 3. The maximum atomic E-state index is 5.38. The lowest BCUT2D eigenvalue weighted by atomic mass is 9.98. The van der Waals surface area contributed by atoms with Crippen molar-refractivity contribution in [3.8, 4) is 11.1 Å². The van der Waals surface area contributed by atoms with Gasteiger partial charge in [-0.15, -0.1) is 0 Å². The van der Waals surface area contributed by atoms with E-state index in [9.17, 15) is 0 Å². The molecule has 0 saturated heterocycles. The highest BCUT2D eigenvalue weighted by molar-refractivity contribution is 5.74. The predicted octanol–water partition coefficient (Wildman–Crippen LogP) is 4.18. The van der Waals surface area contributed by atoms with Gasteiger partial charge in [0.1, 0.15) is 0 Å². The molecule has 0 unspecified atom stereocenters. The van der Waals surface area contributed by atoms with Crippen LogP contribution >= 0.6 is 0 Å². The van der Waals surface area contributed by atoms with Crippen LogP contribution in [-0.4, -0.2) is 26.4 Å². The second-order valence-electron chi connectivity index (χ2n) is 5.64. The Morgan fingerprint density at radius 2 is 0.864 bits per heavy atom. The average Bonchev–Trinajstić information content (AvgIpc) is 3.29. The van der Waals surface area contributed by atoms with E-state index in [2.05, 4.69) is 60.7 Å². The minimum Gasteiger partial charge on any atom is -0.373 e. The van der Waals surface area contributed by atoms with Gasteiger partial charge in [0.15, 0.2) is 0 Å². The summed E-state index contributed by atoms with van der Waals surface area (Å²) in [5, 5.41) is 0. The number of ether oxygens (including phenoxy) is 2. The van der Waals surface area contributed by atoms with Crippen LogP contribution in [0.15, 0.2) is 60.7 Å². The Bertz CT molecular complexity index is 656. The first-order chi connectivity index (χ1) is 10.9. The summed E-state index contributed by atoms with van der Waals surface area (Å²) in [5.74, 6) is 0. The Labute approximate surface area is 130 Å². The predicted molar refractivity (Wildman–Crippen MR) is 89.5 cm³/mol. The van der Waals surface area contributed by atoms with Crippen molar-refractivity contribution in [3.63, 3.8) is 0 Å². The minimum atomic E-state index is 0.727. The molecule has 0 bridgehead atoms. The zero-order chi connectivity index (χ0) is 14.8. The summed E-state index contributed by atoms with van der Waals surface area (Å²) in [6.45, 7) is 2.92. The van der Waals surface area contributed by atoms with Crippen molar-refractivity contribution in [2.75, 3.05) is 26.4 Å². The van der Waals surface area contributed by atoms with E-state index in [-0.39, 0.29) is 0 Å². The van der Waals surface area contributed by atoms with E-state index in [4.69, 9.17) is 9.47 Å². The Morgan fingerprint density at radius 3 is 1.18 bits per heavy atom. The summed E-state index contributed by atoms with van der Waals surface area (Å²) in [6.07, 6.45) is 4.31. The zero-order valence-corrected chi connectivity index (χ0v) is 12.4. The monoisotopic (exact) mass is 290 g/mol. The van der Waals surface area contributed by atoms with Crippen LogP contribution in [0.3, 0.4) is 0 Å². The maximum Gasteiger partial charge on any atom is 0.0724 e. The highest BCUT2D eigenvalue weighted by Crippen LogP contribution is 2.26. The van der Waals surface area contributed by atoms with Crippen molar-refractivity contribution >= 4 is 11.1 Å². The van der Waals surface area contributed by atoms with Gasteiger partial charge in [0.2, 0.25) is 0 Å². The second-order valence-corrected chi connectivity index (χ2v) is 5.64. The topological polar surface area (TPSA) is 18.5 Å². The van der Waals surface area contributed by atoms with Gasteiger partial charge in [0, 0.05) is 0 Å². The third-order valence-corrected chi connectivity index (χ3v) is 4.26. The maximum absolute atomic E-state index is 5.38. The van der Waals surface area contributed by atoms with Gasteiger partial charge in [-0.2, -0.15) is 0 Å². The molecule has 2 heterocycles. The van der Waals surface area contributed by atoms with E-state index in [1.54, 1.807) is 0 Å². The fourth-order valence-electron chi connectivity index (χ4n) is 2.93. The first kappa shape index (κ1) is 13.5. The molecule has 2 nitrogen and oxygen atoms in total. The highest BCUT2D eigenvalue weighted by Gasteiger charge is 2.09. The summed E-state index contributed by atoms with van der Waals surface area (Å²) in [4.78, 5) is 0. The van der Waals surface area contributed by atoms with E-state index in [1.165, 1.54) is 33.4 Å². The minimum absolute atomic E-state index is 0.727. The molecular weight excluding hydrogens is 272 g/mol. The van der Waals surface area contributed by atoms with Gasteiger partial charge in [0.05, 0.1) is 26.4 Å². The molecule has 110 valence electrons. The first-order valence-electron chi connectivity index (χ1n) is 7.65. The lowest BCUT2D eigenvalue weighted by Gasteiger charge is -2.07. The third-order valence-electron chi connectivity index (χ3n) is 4.26. The highest BCUT2D eigenvalue weighted by atomic mass is 16.5. The van der Waals surface area contributed by atoms with Gasteiger partial charge in [0.25, 0.3) is 0 Å². The molecule has 2 heteroatoms. The Kier molecular flexibility index (Phi) is 3.63. The van der Waals surface area contributed by atoms with Crippen LogP contribution in [0.1, 0.15) is 11.1 Å². The smallest absolute Gasteiger partial charge is 0.0724 e. The molecule has 2 aromatic rings. The lowest BCUT2D eigenvalue weighted by Crippen LogP contribution is -1.89. The van der Waals surface area contributed by atoms with E-state index < -0.39 is 0 Å². The van der Waals surface area contributed by atoms with Crippen LogP contribution in [-0.2, 0) is 9.47 Å². The summed E-state index contributed by atoms with van der Waals surface area (Å²) >= 11 is 0. The van der Waals surface area contributed by atoms with Crippen molar-refractivity contribution in [1.29, 1.82) is 0 Å². The van der Waals surface area contributed by atoms with Gasteiger partial charge in [-0.3, -0.25) is 0 Å². The van der Waals surface area contributed by atoms with E-state index in [0.29, 0.717) is 0 Å². The summed E-state index contributed by atoms with van der Waals surface area (Å²) < 4.78 is 10.8. The number of hydrogen-bond donors (Lipinski definition) is 0. The summed E-state index contributed by atoms with van der Waals surface area (Å²) in [6, 6.07) is 17.4. The largest absolute Gasteiger partial charge is 0.373 e. The molecule has 0 N–H and O–H groups in total. The van der Waals surface area contributed by atoms with Gasteiger partial charge >= 0.3 is 0 Å². The molecule has 2 aliphatic rings. The van der Waals surface area contributed by atoms with Crippen molar-refractivity contribution in [1.82, 2.24) is 0 Å². The summed E-state index contributed by atoms with van der Waals surface area (Å²) in [7, 11) is 0. The fourth-order valence-corrected chi connectivity index (χ4v) is 2.93. The van der Waals surface area contributed by atoms with Crippen LogP contribution in [0.25, 0.3) is 22.3 Å². The Hall–Kier alpha value is -2.16. The molecule has 4 rings (SSSR count). The van der Waals surface area contributed by atoms with E-state index in [0.717, 1.165) is 26.4 Å². The van der Waals surface area contributed by atoms with Crippen LogP contribution in [0.2, 0.25) is 0 Å². The Morgan fingerprint density at radius 1 is 0.500 bits per heavy atom. The van der Waals surface area contributed by atoms with Crippen molar-refractivity contribution < 1.29 is 9.47 Å². The van der Waals surface area contributed by atoms with Crippen molar-refractivity contribution in [2.45, 2.75) is 0 Å². The van der Waals surface area contributed by atoms with Crippen LogP contribution in [0.5, 0.6) is 0 Å². The van der Waals surface area contributed by atoms with Crippen LogP contribution < -0.4 is 0 Å². The van der Waals surface area contributed by atoms with Crippen LogP contribution in [0, 0.1) is 0 Å². The van der Waals surface area contributed by atoms with Crippen molar-refractivity contribution in [2.24, 2.45) is 0 Å². The van der Waals surface area contributed by atoms with Gasteiger partial charge in [-0.05, 0) is 33.4 Å². The molecule has 0 atom stereocenters. The van der Waals surface area contributed by atoms with E-state index >= 15 is 0 Å². The molecule has 0 saturated carbocycles. The molecule has 0 spiro atoms. The SMILES string of the molecule is C1=C(c2ccc(-c3ccc(C4=CCOC4)cc3)cc2)COC1. The molecule has 2 aromatic carbocycles. The zero-order valence-electron chi connectivity index (χ0n) is 12.4. The van der Waals surface area contributed by atoms with Gasteiger partial charge in [-0.1, -0.05) is 60.7 Å². The van der Waals surface area contributed by atoms with Crippen LogP contribution in [0.4, 0.5) is 0 Å². The molecule has 22 heavy (non-hydrogen) atoms. The normalized spacial score (nSPS) is 17.5. The number of benzene rings is 2. The standard InChI is InChI=1S/C20H18O2/c1-5-17(19-9-11-21-13-19)6-2-15(1)16-3-7-18(8-4-16)20-10-12-22-14-20/h1-10H,11-14H2. The quantitative estimate of drug-likeness (QED) is 0.844. The second kappa shape index (κ2) is 5.91. The van der Waals surface area contributed by atoms with Gasteiger partial charge < -0.3 is 9.47 Å². The summed E-state index contributed by atoms with van der Waals surface area (Å²) in [5.41, 5.74) is 7.57. The molecule has 0 amide bonds. The molecular formula is C20H18O2. The first-order valence-corrected chi connectivity index (χ1v) is 7.65.